The van der Waals surface area contributed by atoms with E-state index in [-0.39, 0.29) is 23.5 Å². The topological polar surface area (TPSA) is 43.3 Å². The standard InChI is InChI=1S/C15H13F3N2O2/c16-15(17,18)22-13-6-2-1-5-10(13)11-9-12(11)14(21)19-20-7-3-4-8-20/h1-8,11-12H,9H2,(H,19,21)/t11-,12-/m1/s1. The summed E-state index contributed by atoms with van der Waals surface area (Å²) in [6.45, 7) is 0. The molecule has 0 spiro atoms. The zero-order valence-electron chi connectivity index (χ0n) is 11.4. The highest BCUT2D eigenvalue weighted by Crippen LogP contribution is 2.51. The molecule has 1 heterocycles. The highest BCUT2D eigenvalue weighted by Gasteiger charge is 2.46. The van der Waals surface area contributed by atoms with E-state index in [1.807, 2.05) is 0 Å². The van der Waals surface area contributed by atoms with Crippen LogP contribution in [0.25, 0.3) is 0 Å². The van der Waals surface area contributed by atoms with Crippen LogP contribution in [0.15, 0.2) is 48.8 Å². The minimum Gasteiger partial charge on any atom is -0.405 e. The Labute approximate surface area is 124 Å². The van der Waals surface area contributed by atoms with Gasteiger partial charge in [0.05, 0.1) is 0 Å². The second kappa shape index (κ2) is 5.40. The van der Waals surface area contributed by atoms with Crippen LogP contribution >= 0.6 is 0 Å². The Morgan fingerprint density at radius 3 is 2.55 bits per heavy atom. The van der Waals surface area contributed by atoms with Crippen molar-refractivity contribution < 1.29 is 22.7 Å². The van der Waals surface area contributed by atoms with Crippen molar-refractivity contribution in [3.63, 3.8) is 0 Å². The van der Waals surface area contributed by atoms with Crippen molar-refractivity contribution >= 4 is 5.91 Å². The van der Waals surface area contributed by atoms with Crippen molar-refractivity contribution in [2.75, 3.05) is 5.43 Å². The highest BCUT2D eigenvalue weighted by molar-refractivity contribution is 5.89. The van der Waals surface area contributed by atoms with Crippen molar-refractivity contribution in [3.8, 4) is 5.75 Å². The van der Waals surface area contributed by atoms with Gasteiger partial charge in [0.15, 0.2) is 0 Å². The summed E-state index contributed by atoms with van der Waals surface area (Å²) in [7, 11) is 0. The molecule has 1 aliphatic rings. The van der Waals surface area contributed by atoms with Gasteiger partial charge in [0.25, 0.3) is 0 Å². The molecular weight excluding hydrogens is 297 g/mol. The van der Waals surface area contributed by atoms with E-state index in [1.165, 1.54) is 16.8 Å². The molecule has 7 heteroatoms. The van der Waals surface area contributed by atoms with Crippen LogP contribution in [0, 0.1) is 5.92 Å². The number of rotatable bonds is 4. The third-order valence-electron chi connectivity index (χ3n) is 3.52. The Balaban J connectivity index is 1.70. The first-order valence-corrected chi connectivity index (χ1v) is 6.72. The highest BCUT2D eigenvalue weighted by atomic mass is 19.4. The fraction of sp³-hybridized carbons (Fsp3) is 0.267. The molecule has 1 amide bonds. The van der Waals surface area contributed by atoms with E-state index in [9.17, 15) is 18.0 Å². The van der Waals surface area contributed by atoms with Crippen LogP contribution in [0.4, 0.5) is 13.2 Å². The molecule has 1 aliphatic carbocycles. The van der Waals surface area contributed by atoms with Gasteiger partial charge >= 0.3 is 6.36 Å². The van der Waals surface area contributed by atoms with Crippen molar-refractivity contribution in [2.45, 2.75) is 18.7 Å². The molecule has 1 N–H and O–H groups in total. The van der Waals surface area contributed by atoms with Crippen molar-refractivity contribution in [2.24, 2.45) is 5.92 Å². The maximum Gasteiger partial charge on any atom is 0.573 e. The summed E-state index contributed by atoms with van der Waals surface area (Å²) in [6, 6.07) is 9.46. The molecule has 1 aromatic heterocycles. The predicted molar refractivity (Wildman–Crippen MR) is 72.8 cm³/mol. The number of carbonyl (C=O) groups excluding carboxylic acids is 1. The van der Waals surface area contributed by atoms with Crippen LogP contribution in [0.1, 0.15) is 17.9 Å². The van der Waals surface area contributed by atoms with Gasteiger partial charge in [-0.2, -0.15) is 0 Å². The van der Waals surface area contributed by atoms with Crippen LogP contribution in [0.2, 0.25) is 0 Å². The van der Waals surface area contributed by atoms with E-state index in [1.54, 1.807) is 36.7 Å². The lowest BCUT2D eigenvalue weighted by Crippen LogP contribution is -2.23. The Bertz CT molecular complexity index is 668. The van der Waals surface area contributed by atoms with Crippen LogP contribution in [-0.2, 0) is 4.79 Å². The number of alkyl halides is 3. The summed E-state index contributed by atoms with van der Waals surface area (Å²) in [5, 5.41) is 0. The van der Waals surface area contributed by atoms with Gasteiger partial charge in [-0.1, -0.05) is 18.2 Å². The fourth-order valence-corrected chi connectivity index (χ4v) is 2.45. The summed E-state index contributed by atoms with van der Waals surface area (Å²) in [4.78, 5) is 12.1. The third kappa shape index (κ3) is 3.24. The lowest BCUT2D eigenvalue weighted by atomic mass is 10.1. The number of carbonyl (C=O) groups is 1. The van der Waals surface area contributed by atoms with E-state index in [0.717, 1.165) is 0 Å². The minimum absolute atomic E-state index is 0.219. The summed E-state index contributed by atoms with van der Waals surface area (Å²) < 4.78 is 42.8. The number of aromatic nitrogens is 1. The van der Waals surface area contributed by atoms with Crippen LogP contribution in [0.5, 0.6) is 5.75 Å². The number of hydrogen-bond acceptors (Lipinski definition) is 2. The molecule has 116 valence electrons. The predicted octanol–water partition coefficient (Wildman–Crippen LogP) is 3.26. The number of halogens is 3. The maximum absolute atomic E-state index is 12.4. The first kappa shape index (κ1) is 14.5. The summed E-state index contributed by atoms with van der Waals surface area (Å²) in [6.07, 6.45) is -0.884. The van der Waals surface area contributed by atoms with Crippen LogP contribution in [0.3, 0.4) is 0 Å². The summed E-state index contributed by atoms with van der Waals surface area (Å²) in [5.41, 5.74) is 3.08. The van der Waals surface area contributed by atoms with E-state index < -0.39 is 6.36 Å². The van der Waals surface area contributed by atoms with Gasteiger partial charge in [-0.15, -0.1) is 13.2 Å². The van der Waals surface area contributed by atoms with Crippen molar-refractivity contribution in [1.82, 2.24) is 4.68 Å². The number of nitrogens with zero attached hydrogens (tertiary/aromatic N) is 1. The molecular formula is C15H13F3N2O2. The van der Waals surface area contributed by atoms with E-state index >= 15 is 0 Å². The molecule has 2 atom stereocenters. The molecule has 2 aromatic rings. The molecule has 1 fully saturated rings. The van der Waals surface area contributed by atoms with Gasteiger partial charge in [0.2, 0.25) is 5.91 Å². The first-order valence-electron chi connectivity index (χ1n) is 6.72. The summed E-state index contributed by atoms with van der Waals surface area (Å²) >= 11 is 0. The van der Waals surface area contributed by atoms with Gasteiger partial charge < -0.3 is 4.74 Å². The van der Waals surface area contributed by atoms with E-state index in [4.69, 9.17) is 0 Å². The van der Waals surface area contributed by atoms with E-state index in [2.05, 4.69) is 10.2 Å². The number of amides is 1. The van der Waals surface area contributed by atoms with Gasteiger partial charge in [-0.05, 0) is 36.1 Å². The number of hydrogen-bond donors (Lipinski definition) is 1. The molecule has 0 unspecified atom stereocenters. The second-order valence-corrected chi connectivity index (χ2v) is 5.10. The summed E-state index contributed by atoms with van der Waals surface area (Å²) in [5.74, 6) is -1.06. The van der Waals surface area contributed by atoms with Crippen LogP contribution < -0.4 is 10.2 Å². The molecule has 1 saturated carbocycles. The Morgan fingerprint density at radius 2 is 1.86 bits per heavy atom. The largest absolute Gasteiger partial charge is 0.573 e. The quantitative estimate of drug-likeness (QED) is 0.942. The van der Waals surface area contributed by atoms with Gasteiger partial charge in [-0.3, -0.25) is 14.9 Å². The molecule has 0 radical (unpaired) electrons. The van der Waals surface area contributed by atoms with Crippen molar-refractivity contribution in [3.05, 3.63) is 54.4 Å². The smallest absolute Gasteiger partial charge is 0.405 e. The lowest BCUT2D eigenvalue weighted by Gasteiger charge is -2.13. The zero-order chi connectivity index (χ0) is 15.7. The molecule has 1 aromatic carbocycles. The van der Waals surface area contributed by atoms with Gasteiger partial charge in [-0.25, -0.2) is 0 Å². The average molecular weight is 310 g/mol. The lowest BCUT2D eigenvalue weighted by molar-refractivity contribution is -0.274. The SMILES string of the molecule is O=C(Nn1cccc1)[C@@H]1C[C@@H]1c1ccccc1OC(F)(F)F. The van der Waals surface area contributed by atoms with Gasteiger partial charge in [0.1, 0.15) is 5.75 Å². The minimum atomic E-state index is -4.74. The number of benzene rings is 1. The maximum atomic E-state index is 12.4. The van der Waals surface area contributed by atoms with E-state index in [0.29, 0.717) is 12.0 Å². The average Bonchev–Trinajstić information content (AvgIpc) is 3.08. The number of para-hydroxylation sites is 1. The molecule has 3 rings (SSSR count). The molecule has 0 bridgehead atoms. The monoisotopic (exact) mass is 310 g/mol. The molecule has 0 aliphatic heterocycles. The molecule has 4 nitrogen and oxygen atoms in total. The second-order valence-electron chi connectivity index (χ2n) is 5.10. The zero-order valence-corrected chi connectivity index (χ0v) is 11.4. The number of nitrogens with one attached hydrogen (secondary N) is 1. The Kier molecular flexibility index (Phi) is 3.56. The molecule has 0 saturated heterocycles. The number of ether oxygens (including phenoxy) is 1. The Morgan fingerprint density at radius 1 is 1.18 bits per heavy atom. The Hall–Kier alpha value is -2.44. The third-order valence-corrected chi connectivity index (χ3v) is 3.52. The fourth-order valence-electron chi connectivity index (χ4n) is 2.45. The normalized spacial score (nSPS) is 20.5. The van der Waals surface area contributed by atoms with Crippen molar-refractivity contribution in [1.29, 1.82) is 0 Å². The molecule has 22 heavy (non-hydrogen) atoms. The van der Waals surface area contributed by atoms with Crippen LogP contribution in [-0.4, -0.2) is 16.9 Å². The van der Waals surface area contributed by atoms with Gasteiger partial charge in [0, 0.05) is 18.3 Å². The first-order chi connectivity index (χ1) is 10.4.